The summed E-state index contributed by atoms with van der Waals surface area (Å²) in [5.74, 6) is -4.33. The lowest BCUT2D eigenvalue weighted by atomic mass is 10.00. The van der Waals surface area contributed by atoms with Crippen LogP contribution >= 0.6 is 0 Å². The molecule has 1 aliphatic heterocycles. The van der Waals surface area contributed by atoms with Crippen molar-refractivity contribution in [3.8, 4) is 6.07 Å². The molecule has 0 saturated carbocycles. The van der Waals surface area contributed by atoms with Crippen molar-refractivity contribution in [2.24, 2.45) is 5.73 Å². The van der Waals surface area contributed by atoms with Gasteiger partial charge < -0.3 is 10.6 Å². The van der Waals surface area contributed by atoms with E-state index in [1.165, 1.54) is 12.3 Å². The van der Waals surface area contributed by atoms with Crippen LogP contribution in [-0.2, 0) is 4.79 Å². The molecule has 8 heteroatoms. The Kier molecular flexibility index (Phi) is 4.66. The van der Waals surface area contributed by atoms with Gasteiger partial charge in [0.2, 0.25) is 5.91 Å². The van der Waals surface area contributed by atoms with E-state index in [2.05, 4.69) is 4.98 Å². The molecule has 0 aliphatic carbocycles. The molecule has 6 nitrogen and oxygen atoms in total. The number of para-hydroxylation sites is 1. The largest absolute Gasteiger partial charge is 0.320 e. The number of rotatable bonds is 4. The van der Waals surface area contributed by atoms with Crippen LogP contribution in [0.2, 0.25) is 0 Å². The lowest BCUT2D eigenvalue weighted by molar-refractivity contribution is -0.133. The van der Waals surface area contributed by atoms with Gasteiger partial charge in [0, 0.05) is 30.0 Å². The first-order valence-electron chi connectivity index (χ1n) is 8.03. The minimum atomic E-state index is -3.12. The number of aromatic nitrogens is 1. The zero-order valence-electron chi connectivity index (χ0n) is 13.7. The van der Waals surface area contributed by atoms with E-state index in [4.69, 9.17) is 11.0 Å². The van der Waals surface area contributed by atoms with Crippen molar-refractivity contribution >= 4 is 22.6 Å². The zero-order valence-corrected chi connectivity index (χ0v) is 13.7. The number of Topliss-reactive ketones (excluding diaryl/α,β-unsaturated/α-hetero) is 1. The maximum absolute atomic E-state index is 13.5. The van der Waals surface area contributed by atoms with Gasteiger partial charge in [-0.25, -0.2) is 8.78 Å². The topological polar surface area (TPSA) is 100 Å². The van der Waals surface area contributed by atoms with Crippen LogP contribution in [-0.4, -0.2) is 46.1 Å². The summed E-state index contributed by atoms with van der Waals surface area (Å²) in [6.07, 6.45) is 0.424. The van der Waals surface area contributed by atoms with Gasteiger partial charge in [-0.15, -0.1) is 0 Å². The molecule has 1 fully saturated rings. The molecule has 1 aromatic carbocycles. The maximum Gasteiger partial charge on any atom is 0.268 e. The third kappa shape index (κ3) is 3.39. The first-order chi connectivity index (χ1) is 12.3. The smallest absolute Gasteiger partial charge is 0.268 e. The predicted molar refractivity (Wildman–Crippen MR) is 89.3 cm³/mol. The van der Waals surface area contributed by atoms with Gasteiger partial charge in [-0.05, 0) is 12.1 Å². The summed E-state index contributed by atoms with van der Waals surface area (Å²) in [4.78, 5) is 29.9. The van der Waals surface area contributed by atoms with Crippen molar-refractivity contribution in [1.29, 1.82) is 5.26 Å². The summed E-state index contributed by atoms with van der Waals surface area (Å²) in [5, 5.41) is 9.61. The highest BCUT2D eigenvalue weighted by Crippen LogP contribution is 2.32. The van der Waals surface area contributed by atoms with Crippen molar-refractivity contribution < 1.29 is 18.4 Å². The summed E-state index contributed by atoms with van der Waals surface area (Å²) >= 11 is 0. The SMILES string of the molecule is N#CC1CC(F)(F)CN1C(=O)[C@@H](N)CC(=O)c1ccnc2ccccc12. The number of nitriles is 1. The fraction of sp³-hybridized carbons (Fsp3) is 0.333. The highest BCUT2D eigenvalue weighted by atomic mass is 19.3. The first-order valence-corrected chi connectivity index (χ1v) is 8.03. The lowest BCUT2D eigenvalue weighted by Crippen LogP contribution is -2.47. The average molecular weight is 358 g/mol. The summed E-state index contributed by atoms with van der Waals surface area (Å²) < 4.78 is 27.0. The van der Waals surface area contributed by atoms with Gasteiger partial charge in [-0.3, -0.25) is 14.6 Å². The highest BCUT2D eigenvalue weighted by molar-refractivity contribution is 6.08. The Hall–Kier alpha value is -2.92. The molecule has 0 radical (unpaired) electrons. The van der Waals surface area contributed by atoms with Crippen LogP contribution in [0.4, 0.5) is 8.78 Å². The Morgan fingerprint density at radius 1 is 1.38 bits per heavy atom. The molecule has 1 amide bonds. The van der Waals surface area contributed by atoms with E-state index < -0.39 is 36.9 Å². The molecule has 26 heavy (non-hydrogen) atoms. The van der Waals surface area contributed by atoms with Gasteiger partial charge in [-0.2, -0.15) is 5.26 Å². The number of nitrogens with zero attached hydrogens (tertiary/aromatic N) is 3. The number of hydrogen-bond acceptors (Lipinski definition) is 5. The normalized spacial score (nSPS) is 19.9. The van der Waals surface area contributed by atoms with Gasteiger partial charge in [0.05, 0.1) is 24.2 Å². The third-order valence-electron chi connectivity index (χ3n) is 4.37. The molecule has 2 aromatic rings. The zero-order chi connectivity index (χ0) is 18.9. The number of halogens is 2. The van der Waals surface area contributed by atoms with Crippen LogP contribution < -0.4 is 5.73 Å². The lowest BCUT2D eigenvalue weighted by Gasteiger charge is -2.22. The van der Waals surface area contributed by atoms with E-state index in [1.54, 1.807) is 30.3 Å². The summed E-state index contributed by atoms with van der Waals surface area (Å²) in [6, 6.07) is 7.72. The molecular formula is C18H16F2N4O2. The minimum Gasteiger partial charge on any atom is -0.320 e. The van der Waals surface area contributed by atoms with Crippen LogP contribution in [0.25, 0.3) is 10.9 Å². The van der Waals surface area contributed by atoms with Gasteiger partial charge in [0.25, 0.3) is 5.92 Å². The molecule has 1 saturated heterocycles. The standard InChI is InChI=1S/C18H16F2N4O2/c19-18(20)8-11(9-21)24(10-18)17(26)14(22)7-16(25)13-5-6-23-15-4-2-1-3-12(13)15/h1-6,11,14H,7-8,10,22H2/t11?,14-/m0/s1. The van der Waals surface area contributed by atoms with Gasteiger partial charge >= 0.3 is 0 Å². The van der Waals surface area contributed by atoms with E-state index in [-0.39, 0.29) is 12.2 Å². The second kappa shape index (κ2) is 6.77. The molecule has 134 valence electrons. The number of nitrogens with two attached hydrogens (primary N) is 1. The third-order valence-corrected chi connectivity index (χ3v) is 4.37. The van der Waals surface area contributed by atoms with E-state index in [1.807, 2.05) is 0 Å². The summed E-state index contributed by atoms with van der Waals surface area (Å²) in [6.45, 7) is -0.857. The quantitative estimate of drug-likeness (QED) is 0.842. The van der Waals surface area contributed by atoms with Crippen molar-refractivity contribution in [2.75, 3.05) is 6.54 Å². The van der Waals surface area contributed by atoms with Gasteiger partial charge in [0.1, 0.15) is 6.04 Å². The van der Waals surface area contributed by atoms with Crippen molar-refractivity contribution in [3.05, 3.63) is 42.1 Å². The molecule has 2 N–H and O–H groups in total. The minimum absolute atomic E-state index is 0.340. The first kappa shape index (κ1) is 17.9. The number of hydrogen-bond donors (Lipinski definition) is 1. The van der Waals surface area contributed by atoms with E-state index in [0.29, 0.717) is 16.5 Å². The molecule has 2 atom stereocenters. The highest BCUT2D eigenvalue weighted by Gasteiger charge is 2.48. The monoisotopic (exact) mass is 358 g/mol. The average Bonchev–Trinajstić information content (AvgIpc) is 2.95. The number of carbonyl (C=O) groups excluding carboxylic acids is 2. The number of alkyl halides is 2. The van der Waals surface area contributed by atoms with Crippen LogP contribution in [0, 0.1) is 11.3 Å². The van der Waals surface area contributed by atoms with Crippen LogP contribution in [0.3, 0.4) is 0 Å². The Labute approximate surface area is 148 Å². The maximum atomic E-state index is 13.5. The van der Waals surface area contributed by atoms with Crippen molar-refractivity contribution in [1.82, 2.24) is 9.88 Å². The van der Waals surface area contributed by atoms with E-state index in [0.717, 1.165) is 4.90 Å². The van der Waals surface area contributed by atoms with Crippen LogP contribution in [0.1, 0.15) is 23.2 Å². The number of likely N-dealkylation sites (tertiary alicyclic amines) is 1. The van der Waals surface area contributed by atoms with E-state index >= 15 is 0 Å². The van der Waals surface area contributed by atoms with Crippen LogP contribution in [0.15, 0.2) is 36.5 Å². The van der Waals surface area contributed by atoms with Crippen molar-refractivity contribution in [2.45, 2.75) is 30.8 Å². The second-order valence-corrected chi connectivity index (χ2v) is 6.28. The summed E-state index contributed by atoms with van der Waals surface area (Å²) in [5.41, 5.74) is 6.79. The second-order valence-electron chi connectivity index (χ2n) is 6.28. The van der Waals surface area contributed by atoms with Crippen LogP contribution in [0.5, 0.6) is 0 Å². The predicted octanol–water partition coefficient (Wildman–Crippen LogP) is 1.89. The van der Waals surface area contributed by atoms with Gasteiger partial charge in [-0.1, -0.05) is 18.2 Å². The Morgan fingerprint density at radius 2 is 2.12 bits per heavy atom. The number of benzene rings is 1. The molecule has 0 spiro atoms. The molecule has 2 heterocycles. The molecular weight excluding hydrogens is 342 g/mol. The number of ketones is 1. The number of fused-ring (bicyclic) bond motifs is 1. The molecule has 1 aromatic heterocycles. The Bertz CT molecular complexity index is 904. The Morgan fingerprint density at radius 3 is 2.85 bits per heavy atom. The number of pyridine rings is 1. The van der Waals surface area contributed by atoms with Crippen molar-refractivity contribution in [3.63, 3.8) is 0 Å². The molecule has 1 aliphatic rings. The summed E-state index contributed by atoms with van der Waals surface area (Å²) in [7, 11) is 0. The fourth-order valence-electron chi connectivity index (χ4n) is 3.11. The molecule has 3 rings (SSSR count). The number of carbonyl (C=O) groups is 2. The van der Waals surface area contributed by atoms with Gasteiger partial charge in [0.15, 0.2) is 5.78 Å². The Balaban J connectivity index is 1.77. The molecule has 1 unspecified atom stereocenters. The number of amides is 1. The fourth-order valence-corrected chi connectivity index (χ4v) is 3.11. The molecule has 0 bridgehead atoms. The van der Waals surface area contributed by atoms with E-state index in [9.17, 15) is 18.4 Å².